The van der Waals surface area contributed by atoms with Gasteiger partial charge in [-0.05, 0) is 127 Å². The second-order valence-corrected chi connectivity index (χ2v) is 17.5. The van der Waals surface area contributed by atoms with Crippen molar-refractivity contribution >= 4 is 0 Å². The second kappa shape index (κ2) is 11.6. The maximum atomic E-state index is 2.84. The minimum Gasteiger partial charge on any atom is -0.303 e. The van der Waals surface area contributed by atoms with Crippen molar-refractivity contribution in [2.45, 2.75) is 119 Å². The predicted molar refractivity (Wildman–Crippen MR) is 165 cm³/mol. The number of piperidine rings is 1. The molecule has 222 valence electrons. The molecule has 0 aliphatic carbocycles. The molecule has 4 heterocycles. The van der Waals surface area contributed by atoms with Crippen LogP contribution in [0.4, 0.5) is 0 Å². The average molecular weight is 531 g/mol. The van der Waals surface area contributed by atoms with Crippen LogP contribution in [0.3, 0.4) is 0 Å². The Hall–Kier alpha value is -0.160. The molecule has 0 spiro atoms. The fraction of sp³-hybridized carbons (Fsp3) is 1.00. The van der Waals surface area contributed by atoms with Gasteiger partial charge in [-0.2, -0.15) is 0 Å². The van der Waals surface area contributed by atoms with Gasteiger partial charge in [-0.1, -0.05) is 41.5 Å². The van der Waals surface area contributed by atoms with Crippen molar-refractivity contribution < 1.29 is 0 Å². The molecule has 0 aromatic heterocycles. The highest BCUT2D eigenvalue weighted by Crippen LogP contribution is 2.38. The SMILES string of the molecule is CC(C)(C)C1CCN(CC2CCN(C(C)(C)CCC(C)(C)N3CCC(CN4CC(C(C)(C)C)C4)C3)CC2)C1. The fourth-order valence-corrected chi connectivity index (χ4v) is 7.88. The summed E-state index contributed by atoms with van der Waals surface area (Å²) in [4.78, 5) is 11.2. The van der Waals surface area contributed by atoms with E-state index in [1.807, 2.05) is 0 Å². The fourth-order valence-electron chi connectivity index (χ4n) is 7.88. The van der Waals surface area contributed by atoms with Crippen molar-refractivity contribution in [3.05, 3.63) is 0 Å². The van der Waals surface area contributed by atoms with Crippen molar-refractivity contribution in [1.82, 2.24) is 19.6 Å². The van der Waals surface area contributed by atoms with E-state index in [2.05, 4.69) is 88.8 Å². The summed E-state index contributed by atoms with van der Waals surface area (Å²) in [5.41, 5.74) is 1.57. The Balaban J connectivity index is 1.16. The molecular formula is C34H66N4. The first-order valence-corrected chi connectivity index (χ1v) is 16.5. The first-order chi connectivity index (χ1) is 17.5. The number of hydrogen-bond donors (Lipinski definition) is 0. The van der Waals surface area contributed by atoms with E-state index in [-0.39, 0.29) is 0 Å². The van der Waals surface area contributed by atoms with E-state index in [0.717, 1.165) is 23.7 Å². The maximum Gasteiger partial charge on any atom is 0.0154 e. The molecular weight excluding hydrogens is 464 g/mol. The van der Waals surface area contributed by atoms with Crippen molar-refractivity contribution in [1.29, 1.82) is 0 Å². The third-order valence-corrected chi connectivity index (χ3v) is 11.7. The van der Waals surface area contributed by atoms with Gasteiger partial charge >= 0.3 is 0 Å². The minimum atomic E-state index is 0.311. The van der Waals surface area contributed by atoms with Crippen LogP contribution in [0.2, 0.25) is 0 Å². The summed E-state index contributed by atoms with van der Waals surface area (Å²) in [7, 11) is 0. The smallest absolute Gasteiger partial charge is 0.0154 e. The van der Waals surface area contributed by atoms with Crippen molar-refractivity contribution in [2.24, 2.45) is 34.5 Å². The van der Waals surface area contributed by atoms with Gasteiger partial charge < -0.3 is 9.80 Å². The van der Waals surface area contributed by atoms with Crippen LogP contribution in [0.15, 0.2) is 0 Å². The highest BCUT2D eigenvalue weighted by Gasteiger charge is 2.40. The van der Waals surface area contributed by atoms with Gasteiger partial charge in [0.2, 0.25) is 0 Å². The highest BCUT2D eigenvalue weighted by molar-refractivity contribution is 4.95. The summed E-state index contributed by atoms with van der Waals surface area (Å²) < 4.78 is 0. The normalized spacial score (nSPS) is 28.9. The Morgan fingerprint density at radius 3 is 1.50 bits per heavy atom. The third kappa shape index (κ3) is 7.77. The number of rotatable bonds is 9. The Bertz CT molecular complexity index is 745. The number of likely N-dealkylation sites (tertiary alicyclic amines) is 4. The first kappa shape index (κ1) is 30.8. The summed E-state index contributed by atoms with van der Waals surface area (Å²) in [6.07, 6.45) is 8.20. The van der Waals surface area contributed by atoms with E-state index in [9.17, 15) is 0 Å². The quantitative estimate of drug-likeness (QED) is 0.329. The molecule has 0 radical (unpaired) electrons. The number of nitrogens with zero attached hydrogens (tertiary/aromatic N) is 4. The lowest BCUT2D eigenvalue weighted by molar-refractivity contribution is 0.0125. The average Bonchev–Trinajstić information content (AvgIpc) is 3.44. The molecule has 4 aliphatic rings. The van der Waals surface area contributed by atoms with E-state index in [1.165, 1.54) is 104 Å². The third-order valence-electron chi connectivity index (χ3n) is 11.7. The van der Waals surface area contributed by atoms with Crippen LogP contribution in [0.25, 0.3) is 0 Å². The molecule has 0 bridgehead atoms. The minimum absolute atomic E-state index is 0.311. The summed E-state index contributed by atoms with van der Waals surface area (Å²) >= 11 is 0. The van der Waals surface area contributed by atoms with Crippen LogP contribution in [-0.2, 0) is 0 Å². The lowest BCUT2D eigenvalue weighted by Gasteiger charge is -2.47. The Morgan fingerprint density at radius 1 is 0.474 bits per heavy atom. The lowest BCUT2D eigenvalue weighted by atomic mass is 9.76. The maximum absolute atomic E-state index is 2.84. The van der Waals surface area contributed by atoms with Crippen LogP contribution in [0.5, 0.6) is 0 Å². The molecule has 4 saturated heterocycles. The molecule has 0 N–H and O–H groups in total. The molecule has 4 rings (SSSR count). The monoisotopic (exact) mass is 531 g/mol. The Kier molecular flexibility index (Phi) is 9.41. The van der Waals surface area contributed by atoms with Crippen LogP contribution >= 0.6 is 0 Å². The number of hydrogen-bond acceptors (Lipinski definition) is 4. The molecule has 4 aliphatic heterocycles. The molecule has 2 unspecified atom stereocenters. The highest BCUT2D eigenvalue weighted by atomic mass is 15.2. The van der Waals surface area contributed by atoms with Crippen LogP contribution in [0.1, 0.15) is 108 Å². The van der Waals surface area contributed by atoms with Gasteiger partial charge in [0.1, 0.15) is 0 Å². The van der Waals surface area contributed by atoms with Gasteiger partial charge in [-0.25, -0.2) is 0 Å². The van der Waals surface area contributed by atoms with E-state index in [4.69, 9.17) is 0 Å². The van der Waals surface area contributed by atoms with Crippen LogP contribution < -0.4 is 0 Å². The summed E-state index contributed by atoms with van der Waals surface area (Å²) in [5, 5.41) is 0. The van der Waals surface area contributed by atoms with E-state index < -0.39 is 0 Å². The molecule has 2 atom stereocenters. The van der Waals surface area contributed by atoms with Gasteiger partial charge in [0.25, 0.3) is 0 Å². The molecule has 38 heavy (non-hydrogen) atoms. The molecule has 0 amide bonds. The molecule has 4 heteroatoms. The van der Waals surface area contributed by atoms with Crippen molar-refractivity contribution in [3.8, 4) is 0 Å². The van der Waals surface area contributed by atoms with E-state index >= 15 is 0 Å². The lowest BCUT2D eigenvalue weighted by Crippen LogP contribution is -2.53. The zero-order chi connectivity index (χ0) is 27.9. The standard InChI is InChI=1S/C34H66N4/c1-31(2,3)29-14-17-35(24-29)21-27-11-18-37(19-12-27)33(7,8)15-16-34(9,10)38-20-13-28(23-38)22-36-25-30(26-36)32(4,5)6/h27-30H,11-26H2,1-10H3. The molecule has 0 aromatic carbocycles. The largest absolute Gasteiger partial charge is 0.303 e. The molecule has 0 aromatic rings. The summed E-state index contributed by atoms with van der Waals surface area (Å²) in [6, 6.07) is 0. The van der Waals surface area contributed by atoms with Gasteiger partial charge in [0.15, 0.2) is 0 Å². The van der Waals surface area contributed by atoms with E-state index in [1.54, 1.807) is 0 Å². The first-order valence-electron chi connectivity index (χ1n) is 16.5. The molecule has 0 saturated carbocycles. The zero-order valence-corrected chi connectivity index (χ0v) is 27.4. The summed E-state index contributed by atoms with van der Waals surface area (Å²) in [5.74, 6) is 3.55. The van der Waals surface area contributed by atoms with Gasteiger partial charge in [0, 0.05) is 50.3 Å². The molecule has 4 nitrogen and oxygen atoms in total. The predicted octanol–water partition coefficient (Wildman–Crippen LogP) is 6.70. The second-order valence-electron chi connectivity index (χ2n) is 17.5. The van der Waals surface area contributed by atoms with Gasteiger partial charge in [0.05, 0.1) is 0 Å². The van der Waals surface area contributed by atoms with E-state index in [0.29, 0.717) is 21.9 Å². The Labute approximate surface area is 238 Å². The topological polar surface area (TPSA) is 13.0 Å². The van der Waals surface area contributed by atoms with Crippen LogP contribution in [0, 0.1) is 34.5 Å². The van der Waals surface area contributed by atoms with Crippen LogP contribution in [-0.4, -0.2) is 96.1 Å². The van der Waals surface area contributed by atoms with Gasteiger partial charge in [-0.3, -0.25) is 9.80 Å². The van der Waals surface area contributed by atoms with Crippen molar-refractivity contribution in [2.75, 3.05) is 65.4 Å². The van der Waals surface area contributed by atoms with Gasteiger partial charge in [-0.15, -0.1) is 0 Å². The summed E-state index contributed by atoms with van der Waals surface area (Å²) in [6.45, 7) is 37.8. The zero-order valence-electron chi connectivity index (χ0n) is 27.4. The molecule has 4 fully saturated rings. The Morgan fingerprint density at radius 2 is 0.947 bits per heavy atom. The van der Waals surface area contributed by atoms with Crippen molar-refractivity contribution in [3.63, 3.8) is 0 Å².